The van der Waals surface area contributed by atoms with Gasteiger partial charge >= 0.3 is 0 Å². The molecule has 2 aromatic heterocycles. The van der Waals surface area contributed by atoms with Gasteiger partial charge in [-0.2, -0.15) is 10.2 Å². The number of thioether (sulfide) groups is 1. The number of benzene rings is 1. The van der Waals surface area contributed by atoms with Crippen LogP contribution in [-0.2, 0) is 0 Å². The third-order valence-electron chi connectivity index (χ3n) is 2.92. The molecule has 0 spiro atoms. The minimum atomic E-state index is -0.263. The van der Waals surface area contributed by atoms with E-state index in [0.29, 0.717) is 0 Å². The third-order valence-corrected chi connectivity index (χ3v) is 3.58. The van der Waals surface area contributed by atoms with Crippen LogP contribution in [0.4, 0.5) is 4.39 Å². The van der Waals surface area contributed by atoms with E-state index in [4.69, 9.17) is 0 Å². The molecule has 0 unspecified atom stereocenters. The number of hydrogen-bond acceptors (Lipinski definition) is 4. The smallest absolute Gasteiger partial charge is 0.145 e. The fourth-order valence-electron chi connectivity index (χ4n) is 1.96. The maximum absolute atomic E-state index is 13.0. The number of nitrogens with zero attached hydrogens (tertiary/aromatic N) is 4. The van der Waals surface area contributed by atoms with E-state index in [9.17, 15) is 4.39 Å². The van der Waals surface area contributed by atoms with E-state index in [0.717, 1.165) is 27.3 Å². The molecule has 0 N–H and O–H groups in total. The Balaban J connectivity index is 2.30. The molecule has 0 atom stereocenters. The Morgan fingerprint density at radius 3 is 2.58 bits per heavy atom. The van der Waals surface area contributed by atoms with Crippen molar-refractivity contribution in [2.45, 2.75) is 11.9 Å². The molecule has 0 aliphatic heterocycles. The van der Waals surface area contributed by atoms with Crippen LogP contribution < -0.4 is 0 Å². The van der Waals surface area contributed by atoms with Crippen molar-refractivity contribution in [2.75, 3.05) is 6.26 Å². The summed E-state index contributed by atoms with van der Waals surface area (Å²) in [4.78, 5) is 0. The summed E-state index contributed by atoms with van der Waals surface area (Å²) in [5.74, 6) is -0.263. The van der Waals surface area contributed by atoms with Gasteiger partial charge in [0.15, 0.2) is 0 Å². The fourth-order valence-corrected chi connectivity index (χ4v) is 2.47. The quantitative estimate of drug-likeness (QED) is 0.674. The molecule has 0 saturated heterocycles. The Bertz CT molecular complexity index is 736. The summed E-state index contributed by atoms with van der Waals surface area (Å²) in [5, 5.41) is 14.4. The SMILES string of the molecule is CSc1nnc(C)c2cnn(-c3ccc(F)cc3)c12. The molecule has 1 aromatic carbocycles. The molecule has 6 heteroatoms. The molecule has 3 rings (SSSR count). The van der Waals surface area contributed by atoms with Gasteiger partial charge in [-0.25, -0.2) is 9.07 Å². The average Bonchev–Trinajstić information content (AvgIpc) is 2.86. The largest absolute Gasteiger partial charge is 0.230 e. The van der Waals surface area contributed by atoms with Crippen LogP contribution in [0.5, 0.6) is 0 Å². The molecule has 19 heavy (non-hydrogen) atoms. The lowest BCUT2D eigenvalue weighted by molar-refractivity contribution is 0.627. The molecule has 0 bridgehead atoms. The summed E-state index contributed by atoms with van der Waals surface area (Å²) in [7, 11) is 0. The van der Waals surface area contributed by atoms with Gasteiger partial charge in [0, 0.05) is 5.39 Å². The molecule has 0 aliphatic carbocycles. The standard InChI is InChI=1S/C13H11FN4S/c1-8-11-7-15-18(10-5-3-9(14)4-6-10)12(11)13(19-2)17-16-8/h3-7H,1-2H3. The number of rotatable bonds is 2. The fraction of sp³-hybridized carbons (Fsp3) is 0.154. The van der Waals surface area contributed by atoms with Crippen molar-refractivity contribution in [1.82, 2.24) is 20.0 Å². The first-order chi connectivity index (χ1) is 9.20. The summed E-state index contributed by atoms with van der Waals surface area (Å²) in [6.07, 6.45) is 3.71. The van der Waals surface area contributed by atoms with Gasteiger partial charge in [-0.05, 0) is 37.4 Å². The summed E-state index contributed by atoms with van der Waals surface area (Å²) in [6.45, 7) is 1.90. The summed E-state index contributed by atoms with van der Waals surface area (Å²) in [5.41, 5.74) is 2.55. The van der Waals surface area contributed by atoms with Gasteiger partial charge in [0.1, 0.15) is 16.4 Å². The summed E-state index contributed by atoms with van der Waals surface area (Å²) in [6, 6.07) is 6.23. The Morgan fingerprint density at radius 2 is 1.89 bits per heavy atom. The summed E-state index contributed by atoms with van der Waals surface area (Å²) >= 11 is 1.52. The molecule has 0 amide bonds. The van der Waals surface area contributed by atoms with Crippen molar-refractivity contribution in [3.63, 3.8) is 0 Å². The van der Waals surface area contributed by atoms with E-state index in [1.165, 1.54) is 23.9 Å². The maximum Gasteiger partial charge on any atom is 0.145 e. The van der Waals surface area contributed by atoms with Gasteiger partial charge in [0.05, 0.1) is 17.6 Å². The molecular weight excluding hydrogens is 263 g/mol. The van der Waals surface area contributed by atoms with Gasteiger partial charge in [-0.15, -0.1) is 16.9 Å². The minimum absolute atomic E-state index is 0.263. The van der Waals surface area contributed by atoms with Crippen molar-refractivity contribution in [3.8, 4) is 5.69 Å². The second-order valence-corrected chi connectivity index (χ2v) is 4.88. The first kappa shape index (κ1) is 12.1. The molecule has 96 valence electrons. The highest BCUT2D eigenvalue weighted by molar-refractivity contribution is 7.98. The van der Waals surface area contributed by atoms with Crippen molar-refractivity contribution in [1.29, 1.82) is 0 Å². The van der Waals surface area contributed by atoms with Crippen LogP contribution >= 0.6 is 11.8 Å². The molecular formula is C13H11FN4S. The predicted molar refractivity (Wildman–Crippen MR) is 73.1 cm³/mol. The predicted octanol–water partition coefficient (Wildman–Crippen LogP) is 2.98. The highest BCUT2D eigenvalue weighted by Gasteiger charge is 2.13. The maximum atomic E-state index is 13.0. The van der Waals surface area contributed by atoms with Crippen molar-refractivity contribution >= 4 is 22.7 Å². The van der Waals surface area contributed by atoms with Gasteiger partial charge in [-0.3, -0.25) is 0 Å². The van der Waals surface area contributed by atoms with E-state index in [1.54, 1.807) is 23.0 Å². The highest BCUT2D eigenvalue weighted by atomic mass is 32.2. The lowest BCUT2D eigenvalue weighted by atomic mass is 10.2. The average molecular weight is 274 g/mol. The van der Waals surface area contributed by atoms with Crippen LogP contribution in [0.2, 0.25) is 0 Å². The van der Waals surface area contributed by atoms with Gasteiger partial charge < -0.3 is 0 Å². The normalized spacial score (nSPS) is 11.1. The van der Waals surface area contributed by atoms with Crippen LogP contribution in [0, 0.1) is 12.7 Å². The number of aryl methyl sites for hydroxylation is 1. The number of hydrogen-bond donors (Lipinski definition) is 0. The summed E-state index contributed by atoms with van der Waals surface area (Å²) < 4.78 is 14.8. The lowest BCUT2D eigenvalue weighted by Crippen LogP contribution is -1.99. The van der Waals surface area contributed by atoms with Crippen LogP contribution in [-0.4, -0.2) is 26.2 Å². The van der Waals surface area contributed by atoms with Crippen molar-refractivity contribution in [2.24, 2.45) is 0 Å². The van der Waals surface area contributed by atoms with E-state index in [1.807, 2.05) is 13.2 Å². The van der Waals surface area contributed by atoms with Crippen LogP contribution in [0.3, 0.4) is 0 Å². The second kappa shape index (κ2) is 4.62. The monoisotopic (exact) mass is 274 g/mol. The molecule has 2 heterocycles. The first-order valence-electron chi connectivity index (χ1n) is 5.71. The number of halogens is 1. The molecule has 0 radical (unpaired) electrons. The Kier molecular flexibility index (Phi) is 2.94. The van der Waals surface area contributed by atoms with E-state index >= 15 is 0 Å². The zero-order valence-corrected chi connectivity index (χ0v) is 11.3. The first-order valence-corrected chi connectivity index (χ1v) is 6.94. The van der Waals surface area contributed by atoms with Crippen molar-refractivity contribution in [3.05, 3.63) is 42.0 Å². The van der Waals surface area contributed by atoms with Gasteiger partial charge in [-0.1, -0.05) is 0 Å². The molecule has 3 aromatic rings. The zero-order valence-electron chi connectivity index (χ0n) is 10.5. The van der Waals surface area contributed by atoms with E-state index in [-0.39, 0.29) is 5.82 Å². The second-order valence-electron chi connectivity index (χ2n) is 4.09. The van der Waals surface area contributed by atoms with E-state index < -0.39 is 0 Å². The Hall–Kier alpha value is -1.95. The highest BCUT2D eigenvalue weighted by Crippen LogP contribution is 2.27. The topological polar surface area (TPSA) is 43.6 Å². The Labute approximate surface area is 113 Å². The van der Waals surface area contributed by atoms with Crippen LogP contribution in [0.1, 0.15) is 5.69 Å². The molecule has 0 aliphatic rings. The van der Waals surface area contributed by atoms with Crippen LogP contribution in [0.15, 0.2) is 35.5 Å². The minimum Gasteiger partial charge on any atom is -0.230 e. The number of fused-ring (bicyclic) bond motifs is 1. The zero-order chi connectivity index (χ0) is 13.4. The van der Waals surface area contributed by atoms with Crippen molar-refractivity contribution < 1.29 is 4.39 Å². The number of aromatic nitrogens is 4. The lowest BCUT2D eigenvalue weighted by Gasteiger charge is -2.06. The third kappa shape index (κ3) is 1.98. The Morgan fingerprint density at radius 1 is 1.16 bits per heavy atom. The molecule has 0 fully saturated rings. The van der Waals surface area contributed by atoms with E-state index in [2.05, 4.69) is 15.3 Å². The molecule has 4 nitrogen and oxygen atoms in total. The molecule has 0 saturated carbocycles. The van der Waals surface area contributed by atoms with Gasteiger partial charge in [0.2, 0.25) is 0 Å². The van der Waals surface area contributed by atoms with Crippen LogP contribution in [0.25, 0.3) is 16.6 Å². The van der Waals surface area contributed by atoms with Gasteiger partial charge in [0.25, 0.3) is 0 Å².